The van der Waals surface area contributed by atoms with E-state index in [2.05, 4.69) is 48.8 Å². The van der Waals surface area contributed by atoms with E-state index >= 15 is 0 Å². The zero-order chi connectivity index (χ0) is 30.2. The summed E-state index contributed by atoms with van der Waals surface area (Å²) >= 11 is 6.52. The van der Waals surface area contributed by atoms with E-state index in [0.29, 0.717) is 69.1 Å². The highest BCUT2D eigenvalue weighted by Crippen LogP contribution is 2.35. The maximum absolute atomic E-state index is 12.3. The summed E-state index contributed by atoms with van der Waals surface area (Å²) in [5.41, 5.74) is 2.43. The molecule has 2 atom stereocenters. The van der Waals surface area contributed by atoms with Gasteiger partial charge in [0.15, 0.2) is 0 Å². The van der Waals surface area contributed by atoms with Crippen LogP contribution in [0.1, 0.15) is 19.8 Å². The molecule has 1 amide bonds. The summed E-state index contributed by atoms with van der Waals surface area (Å²) < 4.78 is 17.9. The minimum absolute atomic E-state index is 0.184. The lowest BCUT2D eigenvalue weighted by Crippen LogP contribution is -2.44. The smallest absolute Gasteiger partial charge is 0.247 e. The number of morpholine rings is 1. The van der Waals surface area contributed by atoms with E-state index in [9.17, 15) is 4.79 Å². The summed E-state index contributed by atoms with van der Waals surface area (Å²) in [6, 6.07) is 8.90. The molecule has 1 aromatic heterocycles. The maximum Gasteiger partial charge on any atom is 0.247 e. The highest BCUT2D eigenvalue weighted by molar-refractivity contribution is 6.32. The van der Waals surface area contributed by atoms with Crippen molar-refractivity contribution in [1.82, 2.24) is 14.9 Å². The molecule has 2 aromatic carbocycles. The molecule has 224 valence electrons. The summed E-state index contributed by atoms with van der Waals surface area (Å²) in [5.74, 6) is 1.18. The van der Waals surface area contributed by atoms with Crippen LogP contribution < -0.4 is 20.1 Å². The number of rotatable bonds is 13. The van der Waals surface area contributed by atoms with E-state index in [1.54, 1.807) is 37.4 Å². The van der Waals surface area contributed by atoms with Crippen molar-refractivity contribution >= 4 is 58.5 Å². The lowest BCUT2D eigenvalue weighted by molar-refractivity contribution is -0.111. The fraction of sp³-hybridized carbons (Fsp3) is 0.323. The first-order chi connectivity index (χ1) is 20.9. The Morgan fingerprint density at radius 1 is 1.19 bits per heavy atom. The van der Waals surface area contributed by atoms with Gasteiger partial charge in [-0.3, -0.25) is 19.7 Å². The zero-order valence-corrected chi connectivity index (χ0v) is 24.7. The molecule has 2 unspecified atom stereocenters. The summed E-state index contributed by atoms with van der Waals surface area (Å²) in [6.45, 7) is 12.1. The number of carbonyl (C=O) groups excluding carboxylic acids is 1. The van der Waals surface area contributed by atoms with Gasteiger partial charge in [-0.25, -0.2) is 9.97 Å². The summed E-state index contributed by atoms with van der Waals surface area (Å²) in [4.78, 5) is 31.5. The third-order valence-electron chi connectivity index (χ3n) is 7.07. The number of nitrogens with one attached hydrogen (secondary N) is 2. The van der Waals surface area contributed by atoms with E-state index in [0.717, 1.165) is 32.5 Å². The van der Waals surface area contributed by atoms with Crippen LogP contribution in [0.25, 0.3) is 10.9 Å². The van der Waals surface area contributed by atoms with Crippen LogP contribution in [-0.4, -0.2) is 78.8 Å². The Morgan fingerprint density at radius 3 is 2.72 bits per heavy atom. The SMILES string of the molecule is C=CC(=O)Nc1cc2c(Nc3ccc(OC/C(=C/N=C)N=CC)c(Cl)c3)ncnc2cc1OCCN1CC2CCC(C1)O2. The van der Waals surface area contributed by atoms with Gasteiger partial charge in [-0.1, -0.05) is 18.2 Å². The molecule has 3 aromatic rings. The van der Waals surface area contributed by atoms with E-state index in [-0.39, 0.29) is 12.5 Å². The van der Waals surface area contributed by atoms with Crippen molar-refractivity contribution in [3.63, 3.8) is 0 Å². The number of aromatic nitrogens is 2. The van der Waals surface area contributed by atoms with Crippen LogP contribution in [-0.2, 0) is 9.53 Å². The molecule has 5 rings (SSSR count). The summed E-state index contributed by atoms with van der Waals surface area (Å²) in [7, 11) is 0. The molecule has 0 radical (unpaired) electrons. The molecule has 2 aliphatic rings. The topological polar surface area (TPSA) is 123 Å². The average molecular weight is 604 g/mol. The fourth-order valence-electron chi connectivity index (χ4n) is 5.11. The highest BCUT2D eigenvalue weighted by Gasteiger charge is 2.33. The quantitative estimate of drug-likeness (QED) is 0.197. The second kappa shape index (κ2) is 14.2. The van der Waals surface area contributed by atoms with Gasteiger partial charge in [-0.05, 0) is 56.8 Å². The van der Waals surface area contributed by atoms with Gasteiger partial charge in [0.2, 0.25) is 5.91 Å². The lowest BCUT2D eigenvalue weighted by Gasteiger charge is -2.31. The Hall–Kier alpha value is -4.32. The molecule has 43 heavy (non-hydrogen) atoms. The van der Waals surface area contributed by atoms with Gasteiger partial charge in [-0.15, -0.1) is 0 Å². The molecular formula is C31H34ClN7O4. The predicted molar refractivity (Wildman–Crippen MR) is 170 cm³/mol. The summed E-state index contributed by atoms with van der Waals surface area (Å²) in [6.07, 6.45) is 8.72. The third-order valence-corrected chi connectivity index (χ3v) is 7.36. The van der Waals surface area contributed by atoms with E-state index in [1.165, 1.54) is 18.6 Å². The van der Waals surface area contributed by atoms with Gasteiger partial charge in [0.25, 0.3) is 0 Å². The molecule has 2 fully saturated rings. The van der Waals surface area contributed by atoms with Crippen molar-refractivity contribution in [3.05, 3.63) is 66.2 Å². The zero-order valence-electron chi connectivity index (χ0n) is 24.0. The molecule has 2 aliphatic heterocycles. The number of benzene rings is 2. The van der Waals surface area contributed by atoms with Gasteiger partial charge < -0.3 is 24.8 Å². The van der Waals surface area contributed by atoms with Crippen molar-refractivity contribution in [3.8, 4) is 11.5 Å². The largest absolute Gasteiger partial charge is 0.490 e. The second-order valence-electron chi connectivity index (χ2n) is 10.1. The average Bonchev–Trinajstić information content (AvgIpc) is 3.34. The third kappa shape index (κ3) is 7.75. The van der Waals surface area contributed by atoms with Crippen molar-refractivity contribution in [2.75, 3.05) is 43.5 Å². The van der Waals surface area contributed by atoms with Crippen LogP contribution >= 0.6 is 11.6 Å². The minimum atomic E-state index is -0.353. The van der Waals surface area contributed by atoms with E-state index in [1.807, 2.05) is 6.07 Å². The molecule has 0 saturated carbocycles. The molecule has 2 N–H and O–H groups in total. The minimum Gasteiger partial charge on any atom is -0.490 e. The number of fused-ring (bicyclic) bond motifs is 3. The Bertz CT molecular complexity index is 1550. The molecule has 3 heterocycles. The number of ether oxygens (including phenoxy) is 3. The standard InChI is InChI=1S/C31H34ClN7O4/c1-4-30(40)38-27-13-24-26(14-29(27)41-11-10-39-16-22-7-8-23(17-39)43-22)35-19-36-31(24)37-20-6-9-28(25(32)12-20)42-18-21(15-33-3)34-5-2/h4-6,9,12-15,19,22-23H,1,3,7-8,10-11,16-18H2,2H3,(H,38,40)(H,35,36,37)/b21-15-,34-5?. The predicted octanol–water partition coefficient (Wildman–Crippen LogP) is 5.40. The molecule has 11 nitrogen and oxygen atoms in total. The van der Waals surface area contributed by atoms with Crippen LogP contribution in [0.15, 0.2) is 71.2 Å². The van der Waals surface area contributed by atoms with Crippen molar-refractivity contribution in [2.24, 2.45) is 9.98 Å². The number of hydrogen-bond acceptors (Lipinski definition) is 10. The number of likely N-dealkylation sites (tertiary alicyclic amines) is 1. The molecule has 2 saturated heterocycles. The van der Waals surface area contributed by atoms with Gasteiger partial charge in [-0.2, -0.15) is 0 Å². The monoisotopic (exact) mass is 603 g/mol. The highest BCUT2D eigenvalue weighted by atomic mass is 35.5. The molecule has 0 spiro atoms. The first-order valence-corrected chi connectivity index (χ1v) is 14.4. The first-order valence-electron chi connectivity index (χ1n) is 14.0. The van der Waals surface area contributed by atoms with Gasteiger partial charge in [0, 0.05) is 43.0 Å². The Morgan fingerprint density at radius 2 is 2.00 bits per heavy atom. The van der Waals surface area contributed by atoms with E-state index in [4.69, 9.17) is 25.8 Å². The van der Waals surface area contributed by atoms with Crippen LogP contribution in [0.5, 0.6) is 11.5 Å². The van der Waals surface area contributed by atoms with Crippen LogP contribution in [0.2, 0.25) is 5.02 Å². The summed E-state index contributed by atoms with van der Waals surface area (Å²) in [5, 5.41) is 7.23. The second-order valence-corrected chi connectivity index (χ2v) is 10.5. The van der Waals surface area contributed by atoms with Crippen LogP contribution in [0.3, 0.4) is 0 Å². The Kier molecular flexibility index (Phi) is 9.98. The van der Waals surface area contributed by atoms with E-state index < -0.39 is 0 Å². The normalized spacial score (nSPS) is 18.5. The number of anilines is 3. The van der Waals surface area contributed by atoms with Gasteiger partial charge in [0.05, 0.1) is 40.3 Å². The molecule has 12 heteroatoms. The first kappa shape index (κ1) is 30.1. The number of hydrogen-bond donors (Lipinski definition) is 2. The van der Waals surface area contributed by atoms with Crippen LogP contribution in [0.4, 0.5) is 17.2 Å². The number of amides is 1. The molecular weight excluding hydrogens is 570 g/mol. The number of aliphatic imine (C=N–C) groups is 2. The van der Waals surface area contributed by atoms with Crippen LogP contribution in [0, 0.1) is 0 Å². The number of nitrogens with zero attached hydrogens (tertiary/aromatic N) is 5. The van der Waals surface area contributed by atoms with Crippen molar-refractivity contribution in [1.29, 1.82) is 0 Å². The van der Waals surface area contributed by atoms with Gasteiger partial charge in [0.1, 0.15) is 36.9 Å². The van der Waals surface area contributed by atoms with Gasteiger partial charge >= 0.3 is 0 Å². The Labute approximate surface area is 255 Å². The lowest BCUT2D eigenvalue weighted by atomic mass is 10.1. The number of carbonyl (C=O) groups is 1. The molecule has 0 aliphatic carbocycles. The van der Waals surface area contributed by atoms with Crippen molar-refractivity contribution in [2.45, 2.75) is 32.0 Å². The fourth-order valence-corrected chi connectivity index (χ4v) is 5.35. The number of halogens is 1. The molecule has 2 bridgehead atoms. The Balaban J connectivity index is 1.32. The maximum atomic E-state index is 12.3. The van der Waals surface area contributed by atoms with Crippen molar-refractivity contribution < 1.29 is 19.0 Å².